The quantitative estimate of drug-likeness (QED) is 0.347. The third-order valence-electron chi connectivity index (χ3n) is 6.45. The van der Waals surface area contributed by atoms with Crippen LogP contribution in [-0.4, -0.2) is 43.9 Å². The number of hydrogen-bond acceptors (Lipinski definition) is 5. The lowest BCUT2D eigenvalue weighted by Crippen LogP contribution is -2.50. The molecule has 5 rings (SSSR count). The molecule has 2 N–H and O–H groups in total. The molecule has 1 aliphatic carbocycles. The average molecular weight is 494 g/mol. The van der Waals surface area contributed by atoms with Crippen molar-refractivity contribution in [1.29, 1.82) is 0 Å². The van der Waals surface area contributed by atoms with E-state index >= 15 is 0 Å². The van der Waals surface area contributed by atoms with Crippen LogP contribution < -0.4 is 10.6 Å². The summed E-state index contributed by atoms with van der Waals surface area (Å²) < 4.78 is 1.53. The summed E-state index contributed by atoms with van der Waals surface area (Å²) in [6, 6.07) is 23.1. The molecule has 0 bridgehead atoms. The van der Waals surface area contributed by atoms with Crippen LogP contribution in [0, 0.1) is 0 Å². The van der Waals surface area contributed by atoms with Gasteiger partial charge in [0.2, 0.25) is 5.78 Å². The van der Waals surface area contributed by atoms with Crippen LogP contribution in [0.1, 0.15) is 35.7 Å². The second kappa shape index (κ2) is 10.2. The maximum absolute atomic E-state index is 13.5. The van der Waals surface area contributed by atoms with E-state index in [0.717, 1.165) is 29.7 Å². The van der Waals surface area contributed by atoms with Crippen LogP contribution >= 0.6 is 0 Å². The molecule has 2 amide bonds. The van der Waals surface area contributed by atoms with E-state index < -0.39 is 23.6 Å². The second-order valence-electron chi connectivity index (χ2n) is 9.48. The van der Waals surface area contributed by atoms with Crippen molar-refractivity contribution < 1.29 is 14.4 Å². The number of nitrogens with one attached hydrogen (secondary N) is 2. The molecule has 1 atom stereocenters. The van der Waals surface area contributed by atoms with Gasteiger partial charge in [-0.15, -0.1) is 0 Å². The highest BCUT2D eigenvalue weighted by molar-refractivity contribution is 6.38. The van der Waals surface area contributed by atoms with E-state index in [1.165, 1.54) is 4.68 Å². The molecular weight excluding hydrogens is 466 g/mol. The minimum atomic E-state index is -1.04. The smallest absolute Gasteiger partial charge is 0.290 e. The van der Waals surface area contributed by atoms with Gasteiger partial charge >= 0.3 is 0 Å². The molecule has 1 saturated carbocycles. The van der Waals surface area contributed by atoms with Crippen molar-refractivity contribution >= 4 is 17.6 Å². The zero-order chi connectivity index (χ0) is 25.8. The fourth-order valence-electron chi connectivity index (χ4n) is 4.06. The standard InChI is InChI=1S/C29H27N5O3/c1-29(15-16-29)32-28(37)25(35)24(19-20-9-4-2-5-10-20)31-27(36)22-13-8-17-30-26(22)34-18-14-23(33-34)21-11-6-3-7-12-21/h2-14,17-18,24H,15-16,19H2,1H3,(H,31,36)(H,32,37). The topological polar surface area (TPSA) is 106 Å². The highest BCUT2D eigenvalue weighted by atomic mass is 16.2. The number of rotatable bonds is 9. The first-order valence-electron chi connectivity index (χ1n) is 12.2. The van der Waals surface area contributed by atoms with Crippen LogP contribution in [-0.2, 0) is 16.0 Å². The fraction of sp³-hybridized carbons (Fsp3) is 0.207. The zero-order valence-electron chi connectivity index (χ0n) is 20.4. The molecule has 8 nitrogen and oxygen atoms in total. The third kappa shape index (κ3) is 5.64. The number of Topliss-reactive ketones (excluding diaryl/α,β-unsaturated/α-hetero) is 1. The van der Waals surface area contributed by atoms with Crippen molar-refractivity contribution in [3.63, 3.8) is 0 Å². The van der Waals surface area contributed by atoms with Crippen molar-refractivity contribution in [3.05, 3.63) is 102 Å². The van der Waals surface area contributed by atoms with Crippen LogP contribution in [0.3, 0.4) is 0 Å². The second-order valence-corrected chi connectivity index (χ2v) is 9.48. The van der Waals surface area contributed by atoms with E-state index in [2.05, 4.69) is 20.7 Å². The maximum atomic E-state index is 13.5. The fourth-order valence-corrected chi connectivity index (χ4v) is 4.06. The first-order valence-corrected chi connectivity index (χ1v) is 12.2. The molecule has 1 unspecified atom stereocenters. The minimum Gasteiger partial charge on any atom is -0.344 e. The minimum absolute atomic E-state index is 0.186. The van der Waals surface area contributed by atoms with Crippen molar-refractivity contribution in [2.75, 3.05) is 0 Å². The number of carbonyl (C=O) groups excluding carboxylic acids is 3. The lowest BCUT2D eigenvalue weighted by Gasteiger charge is -2.20. The van der Waals surface area contributed by atoms with Gasteiger partial charge in [-0.2, -0.15) is 5.10 Å². The van der Waals surface area contributed by atoms with Crippen LogP contribution in [0.4, 0.5) is 0 Å². The Morgan fingerprint density at radius 1 is 0.946 bits per heavy atom. The van der Waals surface area contributed by atoms with Gasteiger partial charge in [0.15, 0.2) is 5.82 Å². The number of aromatic nitrogens is 3. The lowest BCUT2D eigenvalue weighted by atomic mass is 10.0. The van der Waals surface area contributed by atoms with Crippen LogP contribution in [0.2, 0.25) is 0 Å². The molecule has 37 heavy (non-hydrogen) atoms. The predicted octanol–water partition coefficient (Wildman–Crippen LogP) is 3.51. The van der Waals surface area contributed by atoms with Gasteiger partial charge in [0.25, 0.3) is 11.8 Å². The van der Waals surface area contributed by atoms with Gasteiger partial charge in [0.05, 0.1) is 11.3 Å². The summed E-state index contributed by atoms with van der Waals surface area (Å²) in [6.45, 7) is 1.90. The van der Waals surface area contributed by atoms with Gasteiger partial charge in [-0.3, -0.25) is 14.4 Å². The van der Waals surface area contributed by atoms with Crippen LogP contribution in [0.25, 0.3) is 17.1 Å². The van der Waals surface area contributed by atoms with Gasteiger partial charge in [-0.1, -0.05) is 60.7 Å². The Labute approximate surface area is 214 Å². The average Bonchev–Trinajstić information content (AvgIpc) is 3.44. The van der Waals surface area contributed by atoms with E-state index in [1.807, 2.05) is 73.7 Å². The number of nitrogens with zero attached hydrogens (tertiary/aromatic N) is 3. The molecule has 2 heterocycles. The molecule has 8 heteroatoms. The van der Waals surface area contributed by atoms with Gasteiger partial charge in [0, 0.05) is 29.9 Å². The Kier molecular flexibility index (Phi) is 6.64. The Balaban J connectivity index is 1.40. The molecule has 0 aliphatic heterocycles. The normalized spacial score (nSPS) is 14.4. The van der Waals surface area contributed by atoms with Crippen molar-refractivity contribution in [3.8, 4) is 17.1 Å². The Morgan fingerprint density at radius 3 is 2.35 bits per heavy atom. The molecule has 0 spiro atoms. The van der Waals surface area contributed by atoms with Gasteiger partial charge in [-0.25, -0.2) is 9.67 Å². The largest absolute Gasteiger partial charge is 0.344 e. The Bertz CT molecular complexity index is 1430. The van der Waals surface area contributed by atoms with Gasteiger partial charge in [0.1, 0.15) is 6.04 Å². The first kappa shape index (κ1) is 24.1. The number of hydrogen-bond donors (Lipinski definition) is 2. The van der Waals surface area contributed by atoms with Crippen LogP contribution in [0.5, 0.6) is 0 Å². The van der Waals surface area contributed by atoms with Crippen LogP contribution in [0.15, 0.2) is 91.3 Å². The molecule has 0 saturated heterocycles. The maximum Gasteiger partial charge on any atom is 0.290 e. The SMILES string of the molecule is CC1(NC(=O)C(=O)C(Cc2ccccc2)NC(=O)c2cccnc2-n2ccc(-c3ccccc3)n2)CC1. The molecular formula is C29H27N5O3. The molecule has 4 aromatic rings. The Hall–Kier alpha value is -4.59. The van der Waals surface area contributed by atoms with E-state index in [4.69, 9.17) is 0 Å². The van der Waals surface area contributed by atoms with Gasteiger partial charge < -0.3 is 10.6 Å². The highest BCUT2D eigenvalue weighted by Gasteiger charge is 2.41. The summed E-state index contributed by atoms with van der Waals surface area (Å²) in [5.74, 6) is -1.56. The molecule has 186 valence electrons. The third-order valence-corrected chi connectivity index (χ3v) is 6.45. The van der Waals surface area contributed by atoms with Crippen molar-refractivity contribution in [2.45, 2.75) is 37.8 Å². The number of benzene rings is 2. The number of amides is 2. The van der Waals surface area contributed by atoms with Crippen molar-refractivity contribution in [2.24, 2.45) is 0 Å². The molecule has 1 fully saturated rings. The van der Waals surface area contributed by atoms with Crippen molar-refractivity contribution in [1.82, 2.24) is 25.4 Å². The summed E-state index contributed by atoms with van der Waals surface area (Å²) in [6.07, 6.45) is 5.15. The van der Waals surface area contributed by atoms with Gasteiger partial charge in [-0.05, 0) is 43.5 Å². The number of ketones is 1. The molecule has 0 radical (unpaired) electrons. The molecule has 2 aromatic heterocycles. The summed E-state index contributed by atoms with van der Waals surface area (Å²) in [4.78, 5) is 43.8. The summed E-state index contributed by atoms with van der Waals surface area (Å²) in [5, 5.41) is 10.2. The zero-order valence-corrected chi connectivity index (χ0v) is 20.4. The molecule has 2 aromatic carbocycles. The summed E-state index contributed by atoms with van der Waals surface area (Å²) >= 11 is 0. The Morgan fingerprint density at radius 2 is 1.65 bits per heavy atom. The number of carbonyl (C=O) groups is 3. The van der Waals surface area contributed by atoms with E-state index in [1.54, 1.807) is 24.5 Å². The first-order chi connectivity index (χ1) is 17.9. The highest BCUT2D eigenvalue weighted by Crippen LogP contribution is 2.34. The summed E-state index contributed by atoms with van der Waals surface area (Å²) in [5.41, 5.74) is 2.40. The summed E-state index contributed by atoms with van der Waals surface area (Å²) in [7, 11) is 0. The lowest BCUT2D eigenvalue weighted by molar-refractivity contribution is -0.139. The van der Waals surface area contributed by atoms with E-state index in [0.29, 0.717) is 5.82 Å². The number of pyridine rings is 1. The van der Waals surface area contributed by atoms with E-state index in [-0.39, 0.29) is 17.5 Å². The van der Waals surface area contributed by atoms with E-state index in [9.17, 15) is 14.4 Å². The predicted molar refractivity (Wildman–Crippen MR) is 139 cm³/mol. The molecule has 1 aliphatic rings. The monoisotopic (exact) mass is 493 g/mol.